The van der Waals surface area contributed by atoms with Crippen LogP contribution in [0.1, 0.15) is 71.1 Å². The molecule has 114 valence electrons. The van der Waals surface area contributed by atoms with Crippen LogP contribution in [0.2, 0.25) is 0 Å². The minimum absolute atomic E-state index is 0.0678. The van der Waals surface area contributed by atoms with Gasteiger partial charge in [-0.25, -0.2) is 0 Å². The van der Waals surface area contributed by atoms with Crippen molar-refractivity contribution in [3.8, 4) is 0 Å². The van der Waals surface area contributed by atoms with Gasteiger partial charge in [-0.3, -0.25) is 4.79 Å². The third-order valence-corrected chi connectivity index (χ3v) is 5.94. The zero-order chi connectivity index (χ0) is 13.9. The highest BCUT2D eigenvalue weighted by Crippen LogP contribution is 2.32. The van der Waals surface area contributed by atoms with Crippen LogP contribution in [0.25, 0.3) is 0 Å². The maximum Gasteiger partial charge on any atom is 0.237 e. The summed E-state index contributed by atoms with van der Waals surface area (Å²) in [6, 6.07) is 1.03. The molecule has 0 spiro atoms. The topological polar surface area (TPSA) is 41.1 Å². The number of piperidine rings is 1. The number of carbonyl (C=O) groups excluding carboxylic acids is 1. The summed E-state index contributed by atoms with van der Waals surface area (Å²) in [6.45, 7) is 2.19. The lowest BCUT2D eigenvalue weighted by molar-refractivity contribution is -0.125. The van der Waals surface area contributed by atoms with Gasteiger partial charge < -0.3 is 10.6 Å². The van der Waals surface area contributed by atoms with Gasteiger partial charge in [-0.05, 0) is 57.3 Å². The summed E-state index contributed by atoms with van der Waals surface area (Å²) in [5.41, 5.74) is 0. The van der Waals surface area contributed by atoms with Crippen LogP contribution < -0.4 is 10.6 Å². The first-order valence-corrected chi connectivity index (χ1v) is 8.80. The predicted octanol–water partition coefficient (Wildman–Crippen LogP) is 2.99. The molecule has 1 heterocycles. The van der Waals surface area contributed by atoms with Crippen LogP contribution in [0.4, 0.5) is 0 Å². The van der Waals surface area contributed by atoms with E-state index in [9.17, 15) is 4.79 Å². The molecule has 3 nitrogen and oxygen atoms in total. The zero-order valence-electron chi connectivity index (χ0n) is 12.9. The van der Waals surface area contributed by atoms with E-state index in [1.807, 2.05) is 0 Å². The van der Waals surface area contributed by atoms with E-state index < -0.39 is 0 Å². The molecule has 3 fully saturated rings. The minimum Gasteiger partial charge on any atom is -0.352 e. The van der Waals surface area contributed by atoms with Gasteiger partial charge in [-0.15, -0.1) is 0 Å². The Kier molecular flexibility index (Phi) is 4.65. The summed E-state index contributed by atoms with van der Waals surface area (Å²) in [4.78, 5) is 12.5. The molecule has 3 heteroatoms. The van der Waals surface area contributed by atoms with Gasteiger partial charge in [-0.1, -0.05) is 25.7 Å². The van der Waals surface area contributed by atoms with Gasteiger partial charge >= 0.3 is 0 Å². The molecule has 0 aromatic heterocycles. The van der Waals surface area contributed by atoms with Crippen molar-refractivity contribution in [2.75, 3.05) is 0 Å². The molecule has 20 heavy (non-hydrogen) atoms. The summed E-state index contributed by atoms with van der Waals surface area (Å²) in [5.74, 6) is 1.80. The fourth-order valence-corrected chi connectivity index (χ4v) is 4.60. The van der Waals surface area contributed by atoms with Crippen molar-refractivity contribution in [2.45, 2.75) is 89.3 Å². The molecular formula is C17H30N2O. The summed E-state index contributed by atoms with van der Waals surface area (Å²) in [5, 5.41) is 6.92. The molecule has 3 aliphatic rings. The summed E-state index contributed by atoms with van der Waals surface area (Å²) in [7, 11) is 0. The van der Waals surface area contributed by atoms with Crippen molar-refractivity contribution in [1.82, 2.24) is 10.6 Å². The van der Waals surface area contributed by atoms with Crippen LogP contribution in [0.15, 0.2) is 0 Å². The van der Waals surface area contributed by atoms with Crippen molar-refractivity contribution in [3.63, 3.8) is 0 Å². The van der Waals surface area contributed by atoms with Crippen LogP contribution in [-0.2, 0) is 4.79 Å². The second-order valence-electron chi connectivity index (χ2n) is 7.29. The lowest BCUT2D eigenvalue weighted by Crippen LogP contribution is -2.56. The number of rotatable bonds is 3. The van der Waals surface area contributed by atoms with Crippen molar-refractivity contribution < 1.29 is 4.79 Å². The summed E-state index contributed by atoms with van der Waals surface area (Å²) < 4.78 is 0. The highest BCUT2D eigenvalue weighted by Gasteiger charge is 2.35. The normalized spacial score (nSPS) is 36.4. The Labute approximate surface area is 123 Å². The van der Waals surface area contributed by atoms with E-state index in [0.717, 1.165) is 12.3 Å². The third kappa shape index (κ3) is 3.19. The molecule has 0 aromatic carbocycles. The van der Waals surface area contributed by atoms with Gasteiger partial charge in [0.1, 0.15) is 0 Å². The molecule has 0 bridgehead atoms. The van der Waals surface area contributed by atoms with Crippen LogP contribution in [-0.4, -0.2) is 24.0 Å². The predicted molar refractivity (Wildman–Crippen MR) is 81.5 cm³/mol. The Morgan fingerprint density at radius 2 is 1.70 bits per heavy atom. The van der Waals surface area contributed by atoms with Crippen molar-refractivity contribution >= 4 is 5.91 Å². The SMILES string of the molecule is CC(NC(=O)C1CCC2CCCCC2N1)C1CCCC1. The summed E-state index contributed by atoms with van der Waals surface area (Å²) in [6.07, 6.45) is 12.9. The second-order valence-corrected chi connectivity index (χ2v) is 7.29. The van der Waals surface area contributed by atoms with E-state index in [2.05, 4.69) is 17.6 Å². The second kappa shape index (κ2) is 6.46. The highest BCUT2D eigenvalue weighted by molar-refractivity contribution is 5.82. The van der Waals surface area contributed by atoms with Crippen molar-refractivity contribution in [2.24, 2.45) is 11.8 Å². The van der Waals surface area contributed by atoms with Gasteiger partial charge in [-0.2, -0.15) is 0 Å². The van der Waals surface area contributed by atoms with E-state index in [1.54, 1.807) is 0 Å². The lowest BCUT2D eigenvalue weighted by Gasteiger charge is -2.40. The monoisotopic (exact) mass is 278 g/mol. The Bertz CT molecular complexity index is 338. The number of carbonyl (C=O) groups is 1. The van der Waals surface area contributed by atoms with Gasteiger partial charge in [0, 0.05) is 12.1 Å². The molecule has 1 aliphatic heterocycles. The Hall–Kier alpha value is -0.570. The fourth-order valence-electron chi connectivity index (χ4n) is 4.60. The average molecular weight is 278 g/mol. The number of fused-ring (bicyclic) bond motifs is 1. The molecule has 2 saturated carbocycles. The Morgan fingerprint density at radius 1 is 1.00 bits per heavy atom. The van der Waals surface area contributed by atoms with Gasteiger partial charge in [0.25, 0.3) is 0 Å². The van der Waals surface area contributed by atoms with E-state index in [-0.39, 0.29) is 11.9 Å². The van der Waals surface area contributed by atoms with Gasteiger partial charge in [0.2, 0.25) is 5.91 Å². The minimum atomic E-state index is 0.0678. The number of amides is 1. The van der Waals surface area contributed by atoms with Crippen LogP contribution in [0, 0.1) is 11.8 Å². The molecule has 0 aromatic rings. The summed E-state index contributed by atoms with van der Waals surface area (Å²) >= 11 is 0. The van der Waals surface area contributed by atoms with Crippen LogP contribution in [0.3, 0.4) is 0 Å². The fraction of sp³-hybridized carbons (Fsp3) is 0.941. The first-order chi connectivity index (χ1) is 9.74. The van der Waals surface area contributed by atoms with E-state index >= 15 is 0 Å². The maximum absolute atomic E-state index is 12.5. The molecule has 3 rings (SSSR count). The third-order valence-electron chi connectivity index (χ3n) is 5.94. The molecule has 1 saturated heterocycles. The quantitative estimate of drug-likeness (QED) is 0.833. The maximum atomic E-state index is 12.5. The van der Waals surface area contributed by atoms with Gasteiger partial charge in [0.05, 0.1) is 6.04 Å². The standard InChI is InChI=1S/C17H30N2O/c1-12(13-6-2-3-7-13)18-17(20)16-11-10-14-8-4-5-9-15(14)19-16/h12-16,19H,2-11H2,1H3,(H,18,20). The molecule has 2 N–H and O–H groups in total. The van der Waals surface area contributed by atoms with E-state index in [0.29, 0.717) is 18.0 Å². The Balaban J connectivity index is 1.49. The number of hydrogen-bond donors (Lipinski definition) is 2. The Morgan fingerprint density at radius 3 is 2.50 bits per heavy atom. The number of nitrogens with one attached hydrogen (secondary N) is 2. The molecular weight excluding hydrogens is 248 g/mol. The number of hydrogen-bond acceptors (Lipinski definition) is 2. The lowest BCUT2D eigenvalue weighted by atomic mass is 9.77. The molecule has 4 unspecified atom stereocenters. The highest BCUT2D eigenvalue weighted by atomic mass is 16.2. The largest absolute Gasteiger partial charge is 0.352 e. The van der Waals surface area contributed by atoms with E-state index in [4.69, 9.17) is 0 Å². The smallest absolute Gasteiger partial charge is 0.237 e. The molecule has 0 radical (unpaired) electrons. The average Bonchev–Trinajstić information content (AvgIpc) is 3.01. The van der Waals surface area contributed by atoms with Gasteiger partial charge in [0.15, 0.2) is 0 Å². The molecule has 2 aliphatic carbocycles. The van der Waals surface area contributed by atoms with Crippen LogP contribution >= 0.6 is 0 Å². The zero-order valence-corrected chi connectivity index (χ0v) is 12.9. The van der Waals surface area contributed by atoms with Crippen molar-refractivity contribution in [1.29, 1.82) is 0 Å². The molecule has 4 atom stereocenters. The van der Waals surface area contributed by atoms with E-state index in [1.165, 1.54) is 57.8 Å². The van der Waals surface area contributed by atoms with Crippen LogP contribution in [0.5, 0.6) is 0 Å². The molecule has 1 amide bonds. The first kappa shape index (κ1) is 14.4. The first-order valence-electron chi connectivity index (χ1n) is 8.80. The van der Waals surface area contributed by atoms with Crippen molar-refractivity contribution in [3.05, 3.63) is 0 Å².